The minimum atomic E-state index is -0.295. The number of furan rings is 1. The normalized spacial score (nSPS) is 15.0. The van der Waals surface area contributed by atoms with E-state index in [-0.39, 0.29) is 17.7 Å². The SMILES string of the molecule is Cc1ccc(-n2nc(-c3ccco3)cc2C(=O)N2CCC(C(N)=O)CC2)cc1. The zero-order valence-electron chi connectivity index (χ0n) is 15.7. The predicted octanol–water partition coefficient (Wildman–Crippen LogP) is 2.78. The predicted molar refractivity (Wildman–Crippen MR) is 104 cm³/mol. The molecule has 0 radical (unpaired) electrons. The molecule has 1 aliphatic heterocycles. The van der Waals surface area contributed by atoms with E-state index in [2.05, 4.69) is 5.10 Å². The van der Waals surface area contributed by atoms with Gasteiger partial charge in [-0.2, -0.15) is 5.10 Å². The van der Waals surface area contributed by atoms with Crippen molar-refractivity contribution < 1.29 is 14.0 Å². The van der Waals surface area contributed by atoms with Crippen LogP contribution in [0.25, 0.3) is 17.1 Å². The lowest BCUT2D eigenvalue weighted by molar-refractivity contribution is -0.123. The number of hydrogen-bond acceptors (Lipinski definition) is 4. The molecule has 0 aliphatic carbocycles. The number of piperidine rings is 1. The van der Waals surface area contributed by atoms with Crippen LogP contribution in [0.5, 0.6) is 0 Å². The van der Waals surface area contributed by atoms with E-state index >= 15 is 0 Å². The fourth-order valence-electron chi connectivity index (χ4n) is 3.49. The first-order valence-electron chi connectivity index (χ1n) is 9.32. The molecule has 0 bridgehead atoms. The Hall–Kier alpha value is -3.35. The highest BCUT2D eigenvalue weighted by Gasteiger charge is 2.29. The molecule has 0 saturated carbocycles. The molecule has 2 aromatic heterocycles. The second-order valence-electron chi connectivity index (χ2n) is 7.11. The quantitative estimate of drug-likeness (QED) is 0.755. The fraction of sp³-hybridized carbons (Fsp3) is 0.286. The van der Waals surface area contributed by atoms with Crippen LogP contribution in [0.4, 0.5) is 0 Å². The molecule has 3 heterocycles. The molecule has 0 unspecified atom stereocenters. The van der Waals surface area contributed by atoms with E-state index in [1.165, 1.54) is 0 Å². The van der Waals surface area contributed by atoms with Crippen molar-refractivity contribution in [2.24, 2.45) is 11.7 Å². The van der Waals surface area contributed by atoms with Crippen LogP contribution in [0.3, 0.4) is 0 Å². The number of primary amides is 1. The van der Waals surface area contributed by atoms with Crippen molar-refractivity contribution >= 4 is 11.8 Å². The summed E-state index contributed by atoms with van der Waals surface area (Å²) in [7, 11) is 0. The van der Waals surface area contributed by atoms with Gasteiger partial charge in [0.15, 0.2) is 5.76 Å². The second kappa shape index (κ2) is 7.34. The number of aromatic nitrogens is 2. The molecule has 1 saturated heterocycles. The van der Waals surface area contributed by atoms with Crippen LogP contribution >= 0.6 is 0 Å². The Bertz CT molecular complexity index is 981. The Morgan fingerprint density at radius 2 is 1.86 bits per heavy atom. The van der Waals surface area contributed by atoms with Crippen molar-refractivity contribution in [1.29, 1.82) is 0 Å². The van der Waals surface area contributed by atoms with Crippen LogP contribution in [-0.2, 0) is 4.79 Å². The Morgan fingerprint density at radius 1 is 1.14 bits per heavy atom. The molecule has 0 spiro atoms. The van der Waals surface area contributed by atoms with Gasteiger partial charge in [-0.25, -0.2) is 4.68 Å². The van der Waals surface area contributed by atoms with Gasteiger partial charge in [0.05, 0.1) is 12.0 Å². The first-order chi connectivity index (χ1) is 13.5. The summed E-state index contributed by atoms with van der Waals surface area (Å²) >= 11 is 0. The summed E-state index contributed by atoms with van der Waals surface area (Å²) in [5.41, 5.74) is 8.40. The number of likely N-dealkylation sites (tertiary alicyclic amines) is 1. The van der Waals surface area contributed by atoms with E-state index < -0.39 is 0 Å². The molecule has 2 amide bonds. The maximum Gasteiger partial charge on any atom is 0.272 e. The molecular weight excluding hydrogens is 356 g/mol. The van der Waals surface area contributed by atoms with Crippen LogP contribution < -0.4 is 5.73 Å². The first-order valence-corrected chi connectivity index (χ1v) is 9.32. The van der Waals surface area contributed by atoms with Gasteiger partial charge in [0.2, 0.25) is 5.91 Å². The molecule has 7 nitrogen and oxygen atoms in total. The lowest BCUT2D eigenvalue weighted by Gasteiger charge is -2.30. The van der Waals surface area contributed by atoms with Gasteiger partial charge < -0.3 is 15.1 Å². The summed E-state index contributed by atoms with van der Waals surface area (Å²) in [6, 6.07) is 13.2. The number of carbonyl (C=O) groups is 2. The van der Waals surface area contributed by atoms with E-state index in [4.69, 9.17) is 10.2 Å². The van der Waals surface area contributed by atoms with Gasteiger partial charge in [0.25, 0.3) is 5.91 Å². The van der Waals surface area contributed by atoms with E-state index in [1.54, 1.807) is 28.0 Å². The van der Waals surface area contributed by atoms with Gasteiger partial charge in [0, 0.05) is 25.1 Å². The summed E-state index contributed by atoms with van der Waals surface area (Å²) < 4.78 is 7.11. The minimum Gasteiger partial charge on any atom is -0.463 e. The highest BCUT2D eigenvalue weighted by molar-refractivity contribution is 5.94. The van der Waals surface area contributed by atoms with Gasteiger partial charge >= 0.3 is 0 Å². The van der Waals surface area contributed by atoms with Gasteiger partial charge in [0.1, 0.15) is 11.4 Å². The van der Waals surface area contributed by atoms with Crippen LogP contribution in [-0.4, -0.2) is 39.6 Å². The minimum absolute atomic E-state index is 0.117. The van der Waals surface area contributed by atoms with E-state index in [9.17, 15) is 9.59 Å². The van der Waals surface area contributed by atoms with E-state index in [1.807, 2.05) is 37.3 Å². The van der Waals surface area contributed by atoms with Crippen LogP contribution in [0.2, 0.25) is 0 Å². The summed E-state index contributed by atoms with van der Waals surface area (Å²) in [5, 5.41) is 4.61. The lowest BCUT2D eigenvalue weighted by Crippen LogP contribution is -2.42. The van der Waals surface area contributed by atoms with Gasteiger partial charge in [-0.05, 0) is 44.0 Å². The maximum absolute atomic E-state index is 13.2. The third kappa shape index (κ3) is 3.43. The molecule has 7 heteroatoms. The number of rotatable bonds is 4. The number of nitrogens with zero attached hydrogens (tertiary/aromatic N) is 3. The third-order valence-electron chi connectivity index (χ3n) is 5.17. The van der Waals surface area contributed by atoms with Crippen molar-refractivity contribution in [3.05, 3.63) is 60.0 Å². The zero-order valence-corrected chi connectivity index (χ0v) is 15.7. The molecular formula is C21H22N4O3. The molecule has 2 N–H and O–H groups in total. The second-order valence-corrected chi connectivity index (χ2v) is 7.11. The lowest BCUT2D eigenvalue weighted by atomic mass is 9.96. The molecule has 144 valence electrons. The number of amides is 2. The smallest absolute Gasteiger partial charge is 0.272 e. The van der Waals surface area contributed by atoms with Crippen LogP contribution in [0, 0.1) is 12.8 Å². The molecule has 1 aromatic carbocycles. The highest BCUT2D eigenvalue weighted by atomic mass is 16.3. The monoisotopic (exact) mass is 378 g/mol. The number of benzene rings is 1. The molecule has 1 aliphatic rings. The van der Waals surface area contributed by atoms with Crippen LogP contribution in [0.1, 0.15) is 28.9 Å². The Morgan fingerprint density at radius 3 is 2.46 bits per heavy atom. The summed E-state index contributed by atoms with van der Waals surface area (Å²) in [5.74, 6) is 0.0304. The van der Waals surface area contributed by atoms with Crippen molar-refractivity contribution in [3.63, 3.8) is 0 Å². The van der Waals surface area contributed by atoms with Gasteiger partial charge in [-0.15, -0.1) is 0 Å². The van der Waals surface area contributed by atoms with Crippen molar-refractivity contribution in [2.45, 2.75) is 19.8 Å². The number of carbonyl (C=O) groups excluding carboxylic acids is 2. The van der Waals surface area contributed by atoms with E-state index in [0.29, 0.717) is 43.1 Å². The zero-order chi connectivity index (χ0) is 19.7. The molecule has 3 aromatic rings. The fourth-order valence-corrected chi connectivity index (χ4v) is 3.49. The number of hydrogen-bond donors (Lipinski definition) is 1. The Balaban J connectivity index is 1.68. The number of aryl methyl sites for hydroxylation is 1. The van der Waals surface area contributed by atoms with Crippen molar-refractivity contribution in [1.82, 2.24) is 14.7 Å². The highest BCUT2D eigenvalue weighted by Crippen LogP contribution is 2.25. The summed E-state index contributed by atoms with van der Waals surface area (Å²) in [6.45, 7) is 3.01. The van der Waals surface area contributed by atoms with Gasteiger partial charge in [-0.3, -0.25) is 9.59 Å². The molecule has 0 atom stereocenters. The largest absolute Gasteiger partial charge is 0.463 e. The Labute approximate surface area is 162 Å². The van der Waals surface area contributed by atoms with Crippen molar-refractivity contribution in [2.75, 3.05) is 13.1 Å². The topological polar surface area (TPSA) is 94.4 Å². The van der Waals surface area contributed by atoms with Gasteiger partial charge in [-0.1, -0.05) is 17.7 Å². The summed E-state index contributed by atoms with van der Waals surface area (Å²) in [6.07, 6.45) is 2.76. The molecule has 28 heavy (non-hydrogen) atoms. The third-order valence-corrected chi connectivity index (χ3v) is 5.17. The standard InChI is InChI=1S/C21H22N4O3/c1-14-4-6-16(7-5-14)25-18(13-17(23-25)19-3-2-12-28-19)21(27)24-10-8-15(9-11-24)20(22)26/h2-7,12-13,15H,8-11H2,1H3,(H2,22,26). The van der Waals surface area contributed by atoms with E-state index in [0.717, 1.165) is 11.3 Å². The first kappa shape index (κ1) is 18.0. The summed E-state index contributed by atoms with van der Waals surface area (Å²) in [4.78, 5) is 26.4. The van der Waals surface area contributed by atoms with Crippen LogP contribution in [0.15, 0.2) is 53.1 Å². The molecule has 1 fully saturated rings. The maximum atomic E-state index is 13.2. The molecule has 4 rings (SSSR count). The van der Waals surface area contributed by atoms with Crippen molar-refractivity contribution in [3.8, 4) is 17.1 Å². The average molecular weight is 378 g/mol. The number of nitrogens with two attached hydrogens (primary N) is 1. The average Bonchev–Trinajstić information content (AvgIpc) is 3.38. The Kier molecular flexibility index (Phi) is 4.73.